The van der Waals surface area contributed by atoms with Crippen LogP contribution in [-0.2, 0) is 37.9 Å². The molecule has 2 saturated heterocycles. The number of ether oxygens (including phenoxy) is 8. The molecule has 2 aliphatic heterocycles. The maximum atomic E-state index is 10.8. The average molecular weight is 408 g/mol. The Labute approximate surface area is 164 Å². The molecule has 3 rings (SSSR count). The van der Waals surface area contributed by atoms with Gasteiger partial charge in [-0.3, -0.25) is 0 Å². The molecule has 1 aliphatic carbocycles. The van der Waals surface area contributed by atoms with Crippen molar-refractivity contribution in [3.05, 3.63) is 0 Å². The van der Waals surface area contributed by atoms with Crippen molar-refractivity contribution in [1.82, 2.24) is 0 Å². The van der Waals surface area contributed by atoms with Gasteiger partial charge in [0, 0.05) is 28.4 Å². The lowest BCUT2D eigenvalue weighted by Crippen LogP contribution is -2.79. The lowest BCUT2D eigenvalue weighted by molar-refractivity contribution is -0.510. The molecule has 0 aromatic rings. The normalized spacial score (nSPS) is 56.8. The molecule has 0 spiro atoms. The number of aliphatic hydroxyl groups is 2. The topological polar surface area (TPSA) is 114 Å². The quantitative estimate of drug-likeness (QED) is 0.645. The minimum Gasteiger partial charge on any atom is -0.387 e. The van der Waals surface area contributed by atoms with Crippen LogP contribution in [-0.4, -0.2) is 98.4 Å². The van der Waals surface area contributed by atoms with Crippen LogP contribution in [0, 0.1) is 0 Å². The summed E-state index contributed by atoms with van der Waals surface area (Å²) in [6.45, 7) is 6.60. The summed E-state index contributed by atoms with van der Waals surface area (Å²) in [6, 6.07) is 0. The van der Waals surface area contributed by atoms with Gasteiger partial charge in [0.05, 0.1) is 0 Å². The zero-order chi connectivity index (χ0) is 21.1. The molecule has 1 saturated carbocycles. The fraction of sp³-hybridized carbons (Fsp3) is 1.00. The summed E-state index contributed by atoms with van der Waals surface area (Å²) in [7, 11) is 5.82. The molecule has 0 amide bonds. The van der Waals surface area contributed by atoms with Gasteiger partial charge in [-0.25, -0.2) is 0 Å². The third-order valence-corrected chi connectivity index (χ3v) is 6.65. The molecule has 4 unspecified atom stereocenters. The highest BCUT2D eigenvalue weighted by Crippen LogP contribution is 2.49. The zero-order valence-corrected chi connectivity index (χ0v) is 17.6. The van der Waals surface area contributed by atoms with E-state index in [1.54, 1.807) is 27.7 Å². The highest BCUT2D eigenvalue weighted by Gasteiger charge is 2.69. The van der Waals surface area contributed by atoms with Crippen LogP contribution in [0.2, 0.25) is 0 Å². The van der Waals surface area contributed by atoms with Crippen molar-refractivity contribution in [3.63, 3.8) is 0 Å². The summed E-state index contributed by atoms with van der Waals surface area (Å²) in [6.07, 6.45) is -6.24. The fourth-order valence-electron chi connectivity index (χ4n) is 4.09. The van der Waals surface area contributed by atoms with Crippen molar-refractivity contribution in [1.29, 1.82) is 0 Å². The van der Waals surface area contributed by atoms with Gasteiger partial charge in [0.2, 0.25) is 23.1 Å². The first-order chi connectivity index (χ1) is 12.9. The standard InChI is InChI=1S/C18H32O10/c1-15(21-5)17(3,23-7)27-13-11(25-15)9(19)10(20)12-14(13)28-18(4,24-8)16(2,22-6)26-12/h9-14,19-20H,1-8H3/t9-,10-,11-,12-,13+,14+,15?,16?,17?,18?/m0/s1. The lowest BCUT2D eigenvalue weighted by Gasteiger charge is -2.61. The van der Waals surface area contributed by atoms with Gasteiger partial charge in [-0.2, -0.15) is 0 Å². The van der Waals surface area contributed by atoms with Crippen LogP contribution in [0.1, 0.15) is 27.7 Å². The van der Waals surface area contributed by atoms with Crippen LogP contribution in [0.4, 0.5) is 0 Å². The van der Waals surface area contributed by atoms with E-state index in [0.29, 0.717) is 0 Å². The molecule has 2 N–H and O–H groups in total. The van der Waals surface area contributed by atoms with E-state index >= 15 is 0 Å². The Morgan fingerprint density at radius 2 is 0.714 bits per heavy atom. The molecule has 2 heterocycles. The molecule has 28 heavy (non-hydrogen) atoms. The summed E-state index contributed by atoms with van der Waals surface area (Å²) >= 11 is 0. The molecular formula is C18H32O10. The van der Waals surface area contributed by atoms with E-state index in [2.05, 4.69) is 0 Å². The van der Waals surface area contributed by atoms with Gasteiger partial charge in [-0.1, -0.05) is 0 Å². The number of hydrogen-bond acceptors (Lipinski definition) is 10. The van der Waals surface area contributed by atoms with Crippen molar-refractivity contribution in [2.45, 2.75) is 87.5 Å². The Balaban J connectivity index is 2.01. The molecule has 10 atom stereocenters. The number of hydrogen-bond donors (Lipinski definition) is 2. The van der Waals surface area contributed by atoms with E-state index in [0.717, 1.165) is 0 Å². The van der Waals surface area contributed by atoms with E-state index < -0.39 is 59.8 Å². The summed E-state index contributed by atoms with van der Waals surface area (Å²) < 4.78 is 46.6. The van der Waals surface area contributed by atoms with Gasteiger partial charge in [0.1, 0.15) is 36.6 Å². The minimum atomic E-state index is -1.34. The van der Waals surface area contributed by atoms with Crippen LogP contribution < -0.4 is 0 Å². The van der Waals surface area contributed by atoms with Gasteiger partial charge in [0.25, 0.3) is 0 Å². The summed E-state index contributed by atoms with van der Waals surface area (Å²) in [5.74, 6) is -5.30. The van der Waals surface area contributed by atoms with Crippen molar-refractivity contribution in [3.8, 4) is 0 Å². The monoisotopic (exact) mass is 408 g/mol. The smallest absolute Gasteiger partial charge is 0.220 e. The maximum Gasteiger partial charge on any atom is 0.220 e. The van der Waals surface area contributed by atoms with Gasteiger partial charge in [0.15, 0.2) is 0 Å². The average Bonchev–Trinajstić information content (AvgIpc) is 2.69. The van der Waals surface area contributed by atoms with Crippen molar-refractivity contribution < 1.29 is 48.1 Å². The van der Waals surface area contributed by atoms with E-state index in [4.69, 9.17) is 37.9 Å². The number of rotatable bonds is 4. The SMILES string of the molecule is COC1(C)O[C@H]2[C@@H]3OC(C)(OC)C(C)(OC)O[C@H]3[C@@H](O)[C@H](O)[C@@H]2OC1(C)OC. The molecule has 0 aromatic carbocycles. The molecule has 0 aromatic heterocycles. The predicted octanol–water partition coefficient (Wildman–Crippen LogP) is -0.260. The molecule has 0 radical (unpaired) electrons. The van der Waals surface area contributed by atoms with E-state index in [9.17, 15) is 10.2 Å². The molecular weight excluding hydrogens is 376 g/mol. The van der Waals surface area contributed by atoms with Gasteiger partial charge < -0.3 is 48.1 Å². The first kappa shape index (κ1) is 22.3. The molecule has 3 fully saturated rings. The third-order valence-electron chi connectivity index (χ3n) is 6.65. The predicted molar refractivity (Wildman–Crippen MR) is 93.2 cm³/mol. The van der Waals surface area contributed by atoms with E-state index in [-0.39, 0.29) is 0 Å². The molecule has 164 valence electrons. The number of aliphatic hydroxyl groups excluding tert-OH is 2. The van der Waals surface area contributed by atoms with Gasteiger partial charge in [-0.15, -0.1) is 0 Å². The Bertz CT molecular complexity index is 541. The largest absolute Gasteiger partial charge is 0.387 e. The Hall–Kier alpha value is -0.400. The summed E-state index contributed by atoms with van der Waals surface area (Å²) in [4.78, 5) is 0. The highest BCUT2D eigenvalue weighted by atomic mass is 16.8. The van der Waals surface area contributed by atoms with Gasteiger partial charge in [-0.05, 0) is 27.7 Å². The lowest BCUT2D eigenvalue weighted by atomic mass is 9.81. The zero-order valence-electron chi connectivity index (χ0n) is 17.6. The van der Waals surface area contributed by atoms with Crippen LogP contribution in [0.25, 0.3) is 0 Å². The number of methoxy groups -OCH3 is 4. The first-order valence-corrected chi connectivity index (χ1v) is 9.23. The van der Waals surface area contributed by atoms with Crippen LogP contribution in [0.5, 0.6) is 0 Å². The third kappa shape index (κ3) is 2.86. The molecule has 3 aliphatic rings. The maximum absolute atomic E-state index is 10.8. The molecule has 0 bridgehead atoms. The second-order valence-electron chi connectivity index (χ2n) is 7.91. The molecule has 10 nitrogen and oxygen atoms in total. The highest BCUT2D eigenvalue weighted by molar-refractivity contribution is 5.09. The Kier molecular flexibility index (Phi) is 5.64. The minimum absolute atomic E-state index is 0.840. The second-order valence-corrected chi connectivity index (χ2v) is 7.91. The Morgan fingerprint density at radius 1 is 0.500 bits per heavy atom. The second kappa shape index (κ2) is 7.09. The van der Waals surface area contributed by atoms with Crippen molar-refractivity contribution in [2.75, 3.05) is 28.4 Å². The Morgan fingerprint density at radius 3 is 0.929 bits per heavy atom. The molecule has 10 heteroatoms. The number of fused-ring (bicyclic) bond motifs is 3. The van der Waals surface area contributed by atoms with Crippen molar-refractivity contribution in [2.24, 2.45) is 0 Å². The van der Waals surface area contributed by atoms with Crippen LogP contribution in [0.3, 0.4) is 0 Å². The first-order valence-electron chi connectivity index (χ1n) is 9.23. The van der Waals surface area contributed by atoms with E-state index in [1.807, 2.05) is 0 Å². The van der Waals surface area contributed by atoms with Crippen LogP contribution in [0.15, 0.2) is 0 Å². The van der Waals surface area contributed by atoms with Gasteiger partial charge >= 0.3 is 0 Å². The summed E-state index contributed by atoms with van der Waals surface area (Å²) in [5.41, 5.74) is 0. The fourth-order valence-corrected chi connectivity index (χ4v) is 4.09. The summed E-state index contributed by atoms with van der Waals surface area (Å²) in [5, 5.41) is 21.5. The van der Waals surface area contributed by atoms with Crippen LogP contribution >= 0.6 is 0 Å². The van der Waals surface area contributed by atoms with E-state index in [1.165, 1.54) is 28.4 Å². The van der Waals surface area contributed by atoms with Crippen molar-refractivity contribution >= 4 is 0 Å².